The lowest BCUT2D eigenvalue weighted by atomic mass is 9.42. The molecule has 5 heteroatoms. The third kappa shape index (κ3) is 2.00. The monoisotopic (exact) mass is 366 g/mol. The first kappa shape index (κ1) is 18.7. The summed E-state index contributed by atoms with van der Waals surface area (Å²) in [6.07, 6.45) is 3.96. The number of carbonyl (C=O) groups is 1. The van der Waals surface area contributed by atoms with E-state index in [2.05, 4.69) is 20.8 Å². The highest BCUT2D eigenvalue weighted by Gasteiger charge is 2.77. The molecule has 1 heterocycles. The molecule has 0 bridgehead atoms. The van der Waals surface area contributed by atoms with Gasteiger partial charge in [-0.05, 0) is 62.2 Å². The van der Waals surface area contributed by atoms with Gasteiger partial charge in [0, 0.05) is 0 Å². The van der Waals surface area contributed by atoms with Crippen molar-refractivity contribution in [1.29, 1.82) is 0 Å². The van der Waals surface area contributed by atoms with Crippen LogP contribution in [0.25, 0.3) is 0 Å². The summed E-state index contributed by atoms with van der Waals surface area (Å²) in [5.41, 5.74) is -2.42. The van der Waals surface area contributed by atoms with Gasteiger partial charge in [0.2, 0.25) is 0 Å². The first-order chi connectivity index (χ1) is 12.1. The molecule has 0 unspecified atom stereocenters. The van der Waals surface area contributed by atoms with E-state index < -0.39 is 22.7 Å². The average Bonchev–Trinajstić information content (AvgIpc) is 3.32. The minimum atomic E-state index is -1.13. The van der Waals surface area contributed by atoms with Crippen LogP contribution >= 0.6 is 0 Å². The zero-order valence-electron chi connectivity index (χ0n) is 16.7. The van der Waals surface area contributed by atoms with E-state index in [1.807, 2.05) is 6.92 Å². The Kier molecular flexibility index (Phi) is 3.92. The Bertz CT molecular complexity index is 620. The highest BCUT2D eigenvalue weighted by molar-refractivity contribution is 5.77. The van der Waals surface area contributed by atoms with Gasteiger partial charge in [0.15, 0.2) is 0 Å². The van der Waals surface area contributed by atoms with Crippen molar-refractivity contribution in [2.45, 2.75) is 89.6 Å². The number of esters is 1. The number of rotatable bonds is 2. The molecule has 4 aliphatic rings. The van der Waals surface area contributed by atoms with Crippen LogP contribution in [0.15, 0.2) is 0 Å². The van der Waals surface area contributed by atoms with Crippen molar-refractivity contribution in [3.63, 3.8) is 0 Å². The van der Waals surface area contributed by atoms with Crippen LogP contribution in [0.2, 0.25) is 0 Å². The van der Waals surface area contributed by atoms with E-state index in [0.717, 1.165) is 32.1 Å². The highest BCUT2D eigenvalue weighted by Crippen LogP contribution is 2.69. The summed E-state index contributed by atoms with van der Waals surface area (Å²) >= 11 is 0. The molecule has 3 aliphatic carbocycles. The lowest BCUT2D eigenvalue weighted by Crippen LogP contribution is -2.69. The van der Waals surface area contributed by atoms with Crippen molar-refractivity contribution in [1.82, 2.24) is 0 Å². The maximum atomic E-state index is 12.6. The van der Waals surface area contributed by atoms with Crippen molar-refractivity contribution >= 4 is 5.97 Å². The maximum absolute atomic E-state index is 12.6. The summed E-state index contributed by atoms with van der Waals surface area (Å²) in [6.45, 7) is 8.39. The molecular formula is C21H34O5. The molecule has 5 nitrogen and oxygen atoms in total. The third-order valence-electron chi connectivity index (χ3n) is 8.91. The number of aliphatic hydroxyl groups excluding tert-OH is 1. The van der Waals surface area contributed by atoms with Crippen LogP contribution < -0.4 is 0 Å². The van der Waals surface area contributed by atoms with Crippen LogP contribution in [-0.4, -0.2) is 46.7 Å². The van der Waals surface area contributed by atoms with E-state index in [4.69, 9.17) is 9.47 Å². The Morgan fingerprint density at radius 3 is 2.50 bits per heavy atom. The quantitative estimate of drug-likeness (QED) is 0.580. The van der Waals surface area contributed by atoms with Crippen LogP contribution in [0.5, 0.6) is 0 Å². The molecule has 0 aromatic heterocycles. The first-order valence-electron chi connectivity index (χ1n) is 10.2. The Morgan fingerprint density at radius 1 is 1.19 bits per heavy atom. The van der Waals surface area contributed by atoms with Gasteiger partial charge in [0.1, 0.15) is 11.7 Å². The number of epoxide rings is 1. The molecule has 0 amide bonds. The minimum absolute atomic E-state index is 0.0182. The Hall–Kier alpha value is -0.650. The molecule has 8 atom stereocenters. The molecule has 148 valence electrons. The molecule has 0 spiro atoms. The van der Waals surface area contributed by atoms with Gasteiger partial charge in [0.05, 0.1) is 24.2 Å². The van der Waals surface area contributed by atoms with Gasteiger partial charge >= 0.3 is 5.97 Å². The van der Waals surface area contributed by atoms with Gasteiger partial charge in [-0.3, -0.25) is 4.79 Å². The summed E-state index contributed by atoms with van der Waals surface area (Å²) in [6, 6.07) is 0. The smallest absolute Gasteiger partial charge is 0.311 e. The van der Waals surface area contributed by atoms with Crippen molar-refractivity contribution in [3.8, 4) is 0 Å². The number of methoxy groups -OCH3 is 1. The largest absolute Gasteiger partial charge is 0.469 e. The molecule has 26 heavy (non-hydrogen) atoms. The molecule has 1 saturated heterocycles. The number of aliphatic hydroxyl groups is 2. The molecule has 0 radical (unpaired) electrons. The van der Waals surface area contributed by atoms with Crippen LogP contribution in [0.1, 0.15) is 66.2 Å². The van der Waals surface area contributed by atoms with Crippen LogP contribution in [0.3, 0.4) is 0 Å². The normalized spacial score (nSPS) is 55.5. The lowest BCUT2D eigenvalue weighted by Gasteiger charge is -2.63. The van der Waals surface area contributed by atoms with Gasteiger partial charge in [-0.15, -0.1) is 0 Å². The Labute approximate surface area is 156 Å². The van der Waals surface area contributed by atoms with Gasteiger partial charge in [-0.25, -0.2) is 0 Å². The standard InChI is InChI=1S/C21H34O5/c1-12(2)21-15(26-21)11-14-18(3)8-6-9-19(4,17(23)25-5)13(18)7-10-20(14,24)16(21)22/h12-16,22,24H,6-11H2,1-5H3/t13-,14-,15+,16-,18+,19-,20+,21+/m1/s1. The lowest BCUT2D eigenvalue weighted by molar-refractivity contribution is -0.240. The summed E-state index contributed by atoms with van der Waals surface area (Å²) in [5, 5.41) is 22.9. The number of fused-ring (bicyclic) bond motifs is 4. The minimum Gasteiger partial charge on any atom is -0.469 e. The van der Waals surface area contributed by atoms with E-state index in [1.54, 1.807) is 0 Å². The number of ether oxygens (including phenoxy) is 2. The van der Waals surface area contributed by atoms with Crippen molar-refractivity contribution < 1.29 is 24.5 Å². The molecule has 4 fully saturated rings. The Morgan fingerprint density at radius 2 is 1.88 bits per heavy atom. The molecule has 1 aliphatic heterocycles. The zero-order chi connectivity index (χ0) is 19.1. The third-order valence-corrected chi connectivity index (χ3v) is 8.91. The Balaban J connectivity index is 1.73. The SMILES string of the molecule is COC(=O)[C@]1(C)CCC[C@]2(C)[C@H]3C[C@@H]4O[C@]4(C(C)C)[C@H](O)[C@]3(O)CC[C@H]21. The average molecular weight is 366 g/mol. The van der Waals surface area contributed by atoms with E-state index in [0.29, 0.717) is 6.42 Å². The van der Waals surface area contributed by atoms with Gasteiger partial charge in [-0.2, -0.15) is 0 Å². The molecule has 2 N–H and O–H groups in total. The van der Waals surface area contributed by atoms with Crippen molar-refractivity contribution in [3.05, 3.63) is 0 Å². The van der Waals surface area contributed by atoms with Gasteiger partial charge in [-0.1, -0.05) is 27.2 Å². The van der Waals surface area contributed by atoms with Crippen LogP contribution in [-0.2, 0) is 14.3 Å². The van der Waals surface area contributed by atoms with E-state index in [-0.39, 0.29) is 35.2 Å². The number of hydrogen-bond acceptors (Lipinski definition) is 5. The summed E-state index contributed by atoms with van der Waals surface area (Å²) in [5.74, 6) is 0.158. The molecule has 0 aromatic carbocycles. The summed E-state index contributed by atoms with van der Waals surface area (Å²) in [4.78, 5) is 12.6. The van der Waals surface area contributed by atoms with E-state index in [1.165, 1.54) is 7.11 Å². The van der Waals surface area contributed by atoms with Crippen molar-refractivity contribution in [2.24, 2.45) is 28.6 Å². The number of carbonyl (C=O) groups excluding carboxylic acids is 1. The first-order valence-corrected chi connectivity index (χ1v) is 10.2. The van der Waals surface area contributed by atoms with Gasteiger partial charge in [0.25, 0.3) is 0 Å². The van der Waals surface area contributed by atoms with Crippen LogP contribution in [0, 0.1) is 28.6 Å². The zero-order valence-corrected chi connectivity index (χ0v) is 16.7. The second kappa shape index (κ2) is 5.45. The fourth-order valence-electron chi connectivity index (χ4n) is 7.49. The maximum Gasteiger partial charge on any atom is 0.311 e. The molecule has 3 saturated carbocycles. The summed E-state index contributed by atoms with van der Waals surface area (Å²) in [7, 11) is 1.47. The topological polar surface area (TPSA) is 79.3 Å². The second-order valence-corrected chi connectivity index (χ2v) is 10.2. The second-order valence-electron chi connectivity index (χ2n) is 10.2. The van der Waals surface area contributed by atoms with E-state index in [9.17, 15) is 15.0 Å². The number of hydrogen-bond donors (Lipinski definition) is 2. The van der Waals surface area contributed by atoms with Gasteiger partial charge < -0.3 is 19.7 Å². The predicted octanol–water partition coefficient (Wildman–Crippen LogP) is 2.67. The fraction of sp³-hybridized carbons (Fsp3) is 0.952. The van der Waals surface area contributed by atoms with E-state index >= 15 is 0 Å². The predicted molar refractivity (Wildman–Crippen MR) is 96.3 cm³/mol. The highest BCUT2D eigenvalue weighted by atomic mass is 16.6. The summed E-state index contributed by atoms with van der Waals surface area (Å²) < 4.78 is 11.2. The van der Waals surface area contributed by atoms with Crippen molar-refractivity contribution in [2.75, 3.05) is 7.11 Å². The molecule has 4 rings (SSSR count). The fourth-order valence-corrected chi connectivity index (χ4v) is 7.49. The van der Waals surface area contributed by atoms with Crippen LogP contribution in [0.4, 0.5) is 0 Å². The molecule has 0 aromatic rings. The molecular weight excluding hydrogens is 332 g/mol.